The Kier molecular flexibility index (Phi) is 5.61. The van der Waals surface area contributed by atoms with Crippen molar-refractivity contribution in [3.8, 4) is 5.75 Å². The fourth-order valence-electron chi connectivity index (χ4n) is 3.03. The fraction of sp³-hybridized carbons (Fsp3) is 0.300. The number of ether oxygens (including phenoxy) is 1. The highest BCUT2D eigenvalue weighted by molar-refractivity contribution is 9.10. The minimum absolute atomic E-state index is 0.0252. The van der Waals surface area contributed by atoms with Crippen LogP contribution in [0.4, 0.5) is 11.4 Å². The maximum absolute atomic E-state index is 12.6. The number of amides is 2. The molecule has 2 aromatic carbocycles. The number of carbonyl (C=O) groups is 2. The van der Waals surface area contributed by atoms with Gasteiger partial charge in [0.25, 0.3) is 0 Å². The Morgan fingerprint density at radius 2 is 2.00 bits per heavy atom. The van der Waals surface area contributed by atoms with E-state index in [1.54, 1.807) is 24.1 Å². The molecule has 1 N–H and O–H groups in total. The van der Waals surface area contributed by atoms with Crippen molar-refractivity contribution < 1.29 is 14.3 Å². The molecule has 1 fully saturated rings. The van der Waals surface area contributed by atoms with Crippen molar-refractivity contribution in [1.82, 2.24) is 0 Å². The SMILES string of the molecule is CCc1ccc(N2C[C@H](C(=O)Nc3ccc(Br)c(OC)c3)CC2=O)cc1. The minimum Gasteiger partial charge on any atom is -0.495 e. The highest BCUT2D eigenvalue weighted by atomic mass is 79.9. The minimum atomic E-state index is -0.372. The summed E-state index contributed by atoms with van der Waals surface area (Å²) in [6, 6.07) is 13.3. The molecule has 0 bridgehead atoms. The van der Waals surface area contributed by atoms with Crippen molar-refractivity contribution in [3.63, 3.8) is 0 Å². The van der Waals surface area contributed by atoms with Crippen molar-refractivity contribution in [2.24, 2.45) is 5.92 Å². The zero-order valence-corrected chi connectivity index (χ0v) is 16.4. The first kappa shape index (κ1) is 18.5. The van der Waals surface area contributed by atoms with Crippen molar-refractivity contribution in [2.45, 2.75) is 19.8 Å². The number of nitrogens with one attached hydrogen (secondary N) is 1. The highest BCUT2D eigenvalue weighted by Gasteiger charge is 2.35. The number of hydrogen-bond donors (Lipinski definition) is 1. The molecule has 0 unspecified atom stereocenters. The summed E-state index contributed by atoms with van der Waals surface area (Å²) < 4.78 is 6.06. The molecule has 2 aromatic rings. The number of rotatable bonds is 5. The van der Waals surface area contributed by atoms with Gasteiger partial charge in [0.2, 0.25) is 11.8 Å². The predicted octanol–water partition coefficient (Wildman–Crippen LogP) is 4.01. The van der Waals surface area contributed by atoms with Gasteiger partial charge >= 0.3 is 0 Å². The number of benzene rings is 2. The summed E-state index contributed by atoms with van der Waals surface area (Å²) >= 11 is 3.39. The molecule has 136 valence electrons. The summed E-state index contributed by atoms with van der Waals surface area (Å²) in [6.45, 7) is 2.48. The Labute approximate surface area is 161 Å². The van der Waals surface area contributed by atoms with Gasteiger partial charge < -0.3 is 15.0 Å². The van der Waals surface area contributed by atoms with Crippen LogP contribution in [0.25, 0.3) is 0 Å². The molecule has 3 rings (SSSR count). The monoisotopic (exact) mass is 416 g/mol. The molecule has 5 nitrogen and oxygen atoms in total. The van der Waals surface area contributed by atoms with Crippen molar-refractivity contribution in [3.05, 3.63) is 52.5 Å². The third-order valence-electron chi connectivity index (χ3n) is 4.57. The van der Waals surface area contributed by atoms with Crippen molar-refractivity contribution in [1.29, 1.82) is 0 Å². The lowest BCUT2D eigenvalue weighted by Crippen LogP contribution is -2.28. The van der Waals surface area contributed by atoms with E-state index in [4.69, 9.17) is 4.74 Å². The van der Waals surface area contributed by atoms with E-state index in [0.29, 0.717) is 18.0 Å². The van der Waals surface area contributed by atoms with Crippen LogP contribution in [0.1, 0.15) is 18.9 Å². The van der Waals surface area contributed by atoms with E-state index in [9.17, 15) is 9.59 Å². The number of anilines is 2. The maximum Gasteiger partial charge on any atom is 0.229 e. The molecule has 1 aliphatic rings. The first-order valence-corrected chi connectivity index (χ1v) is 9.34. The van der Waals surface area contributed by atoms with Gasteiger partial charge in [-0.2, -0.15) is 0 Å². The number of hydrogen-bond acceptors (Lipinski definition) is 3. The molecular weight excluding hydrogens is 396 g/mol. The van der Waals surface area contributed by atoms with Gasteiger partial charge in [-0.25, -0.2) is 0 Å². The van der Waals surface area contributed by atoms with Crippen molar-refractivity contribution >= 4 is 39.1 Å². The standard InChI is InChI=1S/C20H21BrN2O3/c1-3-13-4-7-16(8-5-13)23-12-14(10-19(23)24)20(25)22-15-6-9-17(21)18(11-15)26-2/h4-9,11,14H,3,10,12H2,1-2H3,(H,22,25)/t14-/m1/s1. The summed E-state index contributed by atoms with van der Waals surface area (Å²) in [6.07, 6.45) is 1.17. The smallest absolute Gasteiger partial charge is 0.229 e. The van der Waals surface area contributed by atoms with E-state index in [1.807, 2.05) is 30.3 Å². The zero-order valence-electron chi connectivity index (χ0n) is 14.8. The van der Waals surface area contributed by atoms with Crippen LogP contribution in [0.15, 0.2) is 46.9 Å². The van der Waals surface area contributed by atoms with E-state index in [2.05, 4.69) is 28.2 Å². The second-order valence-electron chi connectivity index (χ2n) is 6.26. The van der Waals surface area contributed by atoms with Crippen LogP contribution in [-0.4, -0.2) is 25.5 Å². The first-order chi connectivity index (χ1) is 12.5. The van der Waals surface area contributed by atoms with Crippen LogP contribution in [0.3, 0.4) is 0 Å². The van der Waals surface area contributed by atoms with Gasteiger partial charge in [0.15, 0.2) is 0 Å². The normalized spacial score (nSPS) is 16.7. The molecule has 0 saturated carbocycles. The molecule has 26 heavy (non-hydrogen) atoms. The molecule has 6 heteroatoms. The molecular formula is C20H21BrN2O3. The zero-order chi connectivity index (χ0) is 18.7. The quantitative estimate of drug-likeness (QED) is 0.800. The third kappa shape index (κ3) is 3.90. The van der Waals surface area contributed by atoms with Gasteiger partial charge in [-0.3, -0.25) is 9.59 Å². The summed E-state index contributed by atoms with van der Waals surface area (Å²) in [5, 5.41) is 2.88. The number of halogens is 1. The van der Waals surface area contributed by atoms with E-state index < -0.39 is 0 Å². The average Bonchev–Trinajstić information content (AvgIpc) is 3.05. The average molecular weight is 417 g/mol. The molecule has 2 amide bonds. The van der Waals surface area contributed by atoms with E-state index in [0.717, 1.165) is 16.6 Å². The topological polar surface area (TPSA) is 58.6 Å². The lowest BCUT2D eigenvalue weighted by atomic mass is 10.1. The summed E-state index contributed by atoms with van der Waals surface area (Å²) in [5.41, 5.74) is 2.71. The second kappa shape index (κ2) is 7.91. The molecule has 1 atom stereocenters. The second-order valence-corrected chi connectivity index (χ2v) is 7.12. The van der Waals surface area contributed by atoms with Gasteiger partial charge in [-0.05, 0) is 52.2 Å². The van der Waals surface area contributed by atoms with E-state index in [1.165, 1.54) is 5.56 Å². The number of nitrogens with zero attached hydrogens (tertiary/aromatic N) is 1. The molecule has 0 radical (unpaired) electrons. The van der Waals surface area contributed by atoms with Crippen LogP contribution in [0, 0.1) is 5.92 Å². The lowest BCUT2D eigenvalue weighted by Gasteiger charge is -2.17. The van der Waals surface area contributed by atoms with Crippen LogP contribution >= 0.6 is 15.9 Å². The van der Waals surface area contributed by atoms with Crippen LogP contribution in [0.5, 0.6) is 5.75 Å². The largest absolute Gasteiger partial charge is 0.495 e. The molecule has 0 spiro atoms. The maximum atomic E-state index is 12.6. The van der Waals surface area contributed by atoms with Crippen LogP contribution in [-0.2, 0) is 16.0 Å². The Bertz CT molecular complexity index is 820. The Morgan fingerprint density at radius 1 is 1.27 bits per heavy atom. The summed E-state index contributed by atoms with van der Waals surface area (Å²) in [7, 11) is 1.57. The lowest BCUT2D eigenvalue weighted by molar-refractivity contribution is -0.122. The number of methoxy groups -OCH3 is 1. The molecule has 1 saturated heterocycles. The Morgan fingerprint density at radius 3 is 2.65 bits per heavy atom. The van der Waals surface area contributed by atoms with E-state index in [-0.39, 0.29) is 24.2 Å². The van der Waals surface area contributed by atoms with Crippen LogP contribution in [0.2, 0.25) is 0 Å². The molecule has 1 heterocycles. The Balaban J connectivity index is 1.68. The third-order valence-corrected chi connectivity index (χ3v) is 5.23. The van der Waals surface area contributed by atoms with Gasteiger partial charge in [0.05, 0.1) is 17.5 Å². The first-order valence-electron chi connectivity index (χ1n) is 8.55. The fourth-order valence-corrected chi connectivity index (χ4v) is 3.43. The molecule has 0 aromatic heterocycles. The number of aryl methyl sites for hydroxylation is 1. The van der Waals surface area contributed by atoms with Gasteiger partial charge in [-0.15, -0.1) is 0 Å². The summed E-state index contributed by atoms with van der Waals surface area (Å²) in [4.78, 5) is 26.6. The van der Waals surface area contributed by atoms with Crippen molar-refractivity contribution in [2.75, 3.05) is 23.9 Å². The Hall–Kier alpha value is -2.34. The van der Waals surface area contributed by atoms with Gasteiger partial charge in [0, 0.05) is 30.4 Å². The predicted molar refractivity (Wildman–Crippen MR) is 106 cm³/mol. The summed E-state index contributed by atoms with van der Waals surface area (Å²) in [5.74, 6) is 0.0871. The van der Waals surface area contributed by atoms with Gasteiger partial charge in [-0.1, -0.05) is 19.1 Å². The van der Waals surface area contributed by atoms with E-state index >= 15 is 0 Å². The highest BCUT2D eigenvalue weighted by Crippen LogP contribution is 2.30. The molecule has 1 aliphatic heterocycles. The van der Waals surface area contributed by atoms with Crippen LogP contribution < -0.4 is 15.0 Å². The molecule has 0 aliphatic carbocycles. The number of carbonyl (C=O) groups excluding carboxylic acids is 2. The van der Waals surface area contributed by atoms with Gasteiger partial charge in [0.1, 0.15) is 5.75 Å².